The van der Waals surface area contributed by atoms with Gasteiger partial charge in [-0.2, -0.15) is 0 Å². The van der Waals surface area contributed by atoms with Gasteiger partial charge in [0.2, 0.25) is 11.8 Å². The maximum absolute atomic E-state index is 12.4. The van der Waals surface area contributed by atoms with Gasteiger partial charge in [-0.3, -0.25) is 9.59 Å². The predicted octanol–water partition coefficient (Wildman–Crippen LogP) is 1.35. The highest BCUT2D eigenvalue weighted by Gasteiger charge is 2.33. The molecule has 1 aromatic rings. The summed E-state index contributed by atoms with van der Waals surface area (Å²) in [4.78, 5) is 29.9. The Bertz CT molecular complexity index is 534. The molecular formula is C17H23N3O2. The second kappa shape index (κ2) is 6.38. The third-order valence-corrected chi connectivity index (χ3v) is 4.45. The number of para-hydroxylation sites is 1. The van der Waals surface area contributed by atoms with Gasteiger partial charge in [0.1, 0.15) is 0 Å². The molecule has 1 aliphatic carbocycles. The van der Waals surface area contributed by atoms with Crippen LogP contribution in [0.25, 0.3) is 0 Å². The summed E-state index contributed by atoms with van der Waals surface area (Å²) >= 11 is 0. The molecule has 0 radical (unpaired) electrons. The van der Waals surface area contributed by atoms with Crippen LogP contribution < -0.4 is 4.90 Å². The maximum atomic E-state index is 12.4. The highest BCUT2D eigenvalue weighted by Crippen LogP contribution is 2.26. The van der Waals surface area contributed by atoms with Crippen molar-refractivity contribution in [2.75, 3.05) is 37.6 Å². The number of carbonyl (C=O) groups is 2. The molecule has 1 saturated heterocycles. The number of amides is 2. The Morgan fingerprint density at radius 3 is 2.27 bits per heavy atom. The lowest BCUT2D eigenvalue weighted by Crippen LogP contribution is -2.52. The molecule has 1 saturated carbocycles. The first kappa shape index (κ1) is 14.9. The van der Waals surface area contributed by atoms with E-state index < -0.39 is 0 Å². The Hall–Kier alpha value is -2.04. The number of hydrogen-bond acceptors (Lipinski definition) is 3. The van der Waals surface area contributed by atoms with Gasteiger partial charge in [-0.15, -0.1) is 0 Å². The fourth-order valence-electron chi connectivity index (χ4n) is 2.98. The molecule has 2 aliphatic rings. The first-order valence-electron chi connectivity index (χ1n) is 8.00. The molecule has 0 aromatic heterocycles. The van der Waals surface area contributed by atoms with Crippen LogP contribution in [0.4, 0.5) is 5.69 Å². The molecule has 0 atom stereocenters. The first-order valence-corrected chi connectivity index (χ1v) is 8.00. The first-order chi connectivity index (χ1) is 10.6. The minimum atomic E-state index is 0.0128. The molecule has 2 amide bonds. The van der Waals surface area contributed by atoms with E-state index in [0.717, 1.165) is 39.0 Å². The Morgan fingerprint density at radius 2 is 1.73 bits per heavy atom. The number of benzene rings is 1. The van der Waals surface area contributed by atoms with Crippen LogP contribution in [0.1, 0.15) is 19.8 Å². The van der Waals surface area contributed by atoms with Crippen LogP contribution in [-0.2, 0) is 9.59 Å². The average molecular weight is 301 g/mol. The Labute approximate surface area is 131 Å². The van der Waals surface area contributed by atoms with Crippen molar-refractivity contribution in [1.82, 2.24) is 9.80 Å². The zero-order chi connectivity index (χ0) is 15.5. The average Bonchev–Trinajstić information content (AvgIpc) is 3.38. The molecule has 22 heavy (non-hydrogen) atoms. The number of piperazine rings is 1. The van der Waals surface area contributed by atoms with Crippen LogP contribution in [-0.4, -0.2) is 60.4 Å². The molecule has 5 heteroatoms. The zero-order valence-corrected chi connectivity index (χ0v) is 13.1. The Balaban J connectivity index is 1.52. The van der Waals surface area contributed by atoms with E-state index in [1.165, 1.54) is 5.69 Å². The molecule has 1 aliphatic heterocycles. The molecule has 1 aromatic carbocycles. The van der Waals surface area contributed by atoms with Gasteiger partial charge in [0.25, 0.3) is 0 Å². The lowest BCUT2D eigenvalue weighted by Gasteiger charge is -2.37. The van der Waals surface area contributed by atoms with Crippen molar-refractivity contribution in [3.8, 4) is 0 Å². The molecule has 0 spiro atoms. The predicted molar refractivity (Wildman–Crippen MR) is 85.6 cm³/mol. The third-order valence-electron chi connectivity index (χ3n) is 4.45. The van der Waals surface area contributed by atoms with Crippen molar-refractivity contribution in [1.29, 1.82) is 0 Å². The van der Waals surface area contributed by atoms with Gasteiger partial charge in [0.05, 0.1) is 6.54 Å². The summed E-state index contributed by atoms with van der Waals surface area (Å²) in [5.41, 5.74) is 1.21. The summed E-state index contributed by atoms with van der Waals surface area (Å²) in [5.74, 6) is 0.0913. The number of anilines is 1. The SMILES string of the molecule is CC(=O)N(CC(=O)N1CCN(c2ccccc2)CC1)C1CC1. The summed E-state index contributed by atoms with van der Waals surface area (Å²) in [6.07, 6.45) is 2.07. The molecule has 0 unspecified atom stereocenters. The van der Waals surface area contributed by atoms with Crippen LogP contribution in [0.3, 0.4) is 0 Å². The lowest BCUT2D eigenvalue weighted by atomic mass is 10.2. The van der Waals surface area contributed by atoms with Crippen LogP contribution in [0, 0.1) is 0 Å². The smallest absolute Gasteiger partial charge is 0.242 e. The largest absolute Gasteiger partial charge is 0.368 e. The monoisotopic (exact) mass is 301 g/mol. The minimum Gasteiger partial charge on any atom is -0.368 e. The molecule has 0 bridgehead atoms. The summed E-state index contributed by atoms with van der Waals surface area (Å²) < 4.78 is 0. The quantitative estimate of drug-likeness (QED) is 0.843. The van der Waals surface area contributed by atoms with Gasteiger partial charge in [-0.05, 0) is 25.0 Å². The Morgan fingerprint density at radius 1 is 1.09 bits per heavy atom. The van der Waals surface area contributed by atoms with Gasteiger partial charge in [-0.1, -0.05) is 18.2 Å². The number of nitrogens with zero attached hydrogens (tertiary/aromatic N) is 3. The summed E-state index contributed by atoms with van der Waals surface area (Å²) in [6, 6.07) is 10.6. The van der Waals surface area contributed by atoms with Gasteiger partial charge < -0.3 is 14.7 Å². The molecule has 118 valence electrons. The van der Waals surface area contributed by atoms with Gasteiger partial charge in [-0.25, -0.2) is 0 Å². The van der Waals surface area contributed by atoms with E-state index in [0.29, 0.717) is 6.04 Å². The van der Waals surface area contributed by atoms with Crippen LogP contribution in [0.2, 0.25) is 0 Å². The van der Waals surface area contributed by atoms with E-state index >= 15 is 0 Å². The van der Waals surface area contributed by atoms with E-state index in [1.54, 1.807) is 11.8 Å². The highest BCUT2D eigenvalue weighted by molar-refractivity contribution is 5.84. The fourth-order valence-corrected chi connectivity index (χ4v) is 2.98. The summed E-state index contributed by atoms with van der Waals surface area (Å²) in [5, 5.41) is 0. The number of hydrogen-bond donors (Lipinski definition) is 0. The van der Waals surface area contributed by atoms with E-state index in [9.17, 15) is 9.59 Å². The normalized spacial score (nSPS) is 18.2. The van der Waals surface area contributed by atoms with E-state index in [2.05, 4.69) is 17.0 Å². The zero-order valence-electron chi connectivity index (χ0n) is 13.1. The van der Waals surface area contributed by atoms with Crippen molar-refractivity contribution < 1.29 is 9.59 Å². The van der Waals surface area contributed by atoms with Crippen molar-refractivity contribution in [2.24, 2.45) is 0 Å². The van der Waals surface area contributed by atoms with Crippen LogP contribution in [0.15, 0.2) is 30.3 Å². The van der Waals surface area contributed by atoms with Crippen LogP contribution in [0.5, 0.6) is 0 Å². The topological polar surface area (TPSA) is 43.9 Å². The summed E-state index contributed by atoms with van der Waals surface area (Å²) in [6.45, 7) is 4.94. The second-order valence-electron chi connectivity index (χ2n) is 6.08. The minimum absolute atomic E-state index is 0.0128. The van der Waals surface area contributed by atoms with Crippen molar-refractivity contribution in [3.63, 3.8) is 0 Å². The van der Waals surface area contributed by atoms with Crippen LogP contribution >= 0.6 is 0 Å². The van der Waals surface area contributed by atoms with Gasteiger partial charge in [0.15, 0.2) is 0 Å². The number of rotatable bonds is 4. The molecular weight excluding hydrogens is 278 g/mol. The summed E-state index contributed by atoms with van der Waals surface area (Å²) in [7, 11) is 0. The van der Waals surface area contributed by atoms with Crippen molar-refractivity contribution >= 4 is 17.5 Å². The van der Waals surface area contributed by atoms with Crippen molar-refractivity contribution in [2.45, 2.75) is 25.8 Å². The maximum Gasteiger partial charge on any atom is 0.242 e. The second-order valence-corrected chi connectivity index (χ2v) is 6.08. The standard InChI is InChI=1S/C17H23N3O2/c1-14(21)20(16-7-8-16)13-17(22)19-11-9-18(10-12-19)15-5-3-2-4-6-15/h2-6,16H,7-13H2,1H3. The third kappa shape index (κ3) is 3.40. The van der Waals surface area contributed by atoms with E-state index in [4.69, 9.17) is 0 Å². The van der Waals surface area contributed by atoms with E-state index in [1.807, 2.05) is 23.1 Å². The fraction of sp³-hybridized carbons (Fsp3) is 0.529. The van der Waals surface area contributed by atoms with E-state index in [-0.39, 0.29) is 18.4 Å². The lowest BCUT2D eigenvalue weighted by molar-refractivity contribution is -0.140. The van der Waals surface area contributed by atoms with Gasteiger partial charge >= 0.3 is 0 Å². The van der Waals surface area contributed by atoms with Gasteiger partial charge in [0, 0.05) is 44.8 Å². The van der Waals surface area contributed by atoms with Crippen molar-refractivity contribution in [3.05, 3.63) is 30.3 Å². The molecule has 1 heterocycles. The number of carbonyl (C=O) groups excluding carboxylic acids is 2. The Kier molecular flexibility index (Phi) is 4.32. The molecule has 2 fully saturated rings. The molecule has 3 rings (SSSR count). The highest BCUT2D eigenvalue weighted by atomic mass is 16.2. The molecule has 0 N–H and O–H groups in total. The molecule has 5 nitrogen and oxygen atoms in total.